The highest BCUT2D eigenvalue weighted by molar-refractivity contribution is 7.22. The van der Waals surface area contributed by atoms with Gasteiger partial charge in [0.25, 0.3) is 5.56 Å². The largest absolute Gasteiger partial charge is 0.300 e. The van der Waals surface area contributed by atoms with Crippen molar-refractivity contribution < 1.29 is 4.79 Å². The summed E-state index contributed by atoms with van der Waals surface area (Å²) in [5.74, 6) is -0.338. The number of hydrogen-bond donors (Lipinski definition) is 1. The van der Waals surface area contributed by atoms with E-state index in [1.165, 1.54) is 34.5 Å². The Kier molecular flexibility index (Phi) is 3.68. The lowest BCUT2D eigenvalue weighted by molar-refractivity contribution is -0.116. The molecule has 1 N–H and O–H groups in total. The second-order valence-corrected chi connectivity index (χ2v) is 5.69. The van der Waals surface area contributed by atoms with Gasteiger partial charge in [0.05, 0.1) is 16.5 Å². The summed E-state index contributed by atoms with van der Waals surface area (Å²) in [6, 6.07) is 6.61. The fourth-order valence-electron chi connectivity index (χ4n) is 1.76. The second kappa shape index (κ2) is 5.63. The number of amides is 1. The molecule has 3 rings (SSSR count). The first kappa shape index (κ1) is 13.7. The van der Waals surface area contributed by atoms with E-state index in [0.29, 0.717) is 10.2 Å². The monoisotopic (exact) mass is 320 g/mol. The second-order valence-electron chi connectivity index (χ2n) is 4.23. The van der Waals surface area contributed by atoms with Crippen LogP contribution in [0.4, 0.5) is 5.13 Å². The topological polar surface area (TPSA) is 76.9 Å². The van der Waals surface area contributed by atoms with E-state index < -0.39 is 0 Å². The molecule has 3 aromatic rings. The van der Waals surface area contributed by atoms with Crippen molar-refractivity contribution in [2.24, 2.45) is 0 Å². The lowest BCUT2D eigenvalue weighted by atomic mass is 10.3. The third-order valence-electron chi connectivity index (χ3n) is 2.70. The summed E-state index contributed by atoms with van der Waals surface area (Å²) in [6.45, 7) is -0.108. The SMILES string of the molecule is O=C(Cn1cnccc1=O)Nc1nc2ccc(Cl)cc2s1. The molecule has 0 saturated carbocycles. The molecule has 0 atom stereocenters. The van der Waals surface area contributed by atoms with Crippen molar-refractivity contribution in [2.45, 2.75) is 6.54 Å². The molecule has 0 aliphatic heterocycles. The van der Waals surface area contributed by atoms with Gasteiger partial charge in [-0.1, -0.05) is 22.9 Å². The maximum absolute atomic E-state index is 11.9. The maximum Gasteiger partial charge on any atom is 0.253 e. The molecule has 0 aliphatic rings. The molecule has 1 aromatic carbocycles. The third-order valence-corrected chi connectivity index (χ3v) is 3.87. The fourth-order valence-corrected chi connectivity index (χ4v) is 2.92. The first-order chi connectivity index (χ1) is 10.1. The molecule has 0 fully saturated rings. The molecule has 2 heterocycles. The predicted molar refractivity (Wildman–Crippen MR) is 81.8 cm³/mol. The zero-order valence-corrected chi connectivity index (χ0v) is 12.2. The van der Waals surface area contributed by atoms with Crippen molar-refractivity contribution in [2.75, 3.05) is 5.32 Å². The summed E-state index contributed by atoms with van der Waals surface area (Å²) in [5, 5.41) is 3.75. The zero-order valence-electron chi connectivity index (χ0n) is 10.6. The molecule has 0 aliphatic carbocycles. The highest BCUT2D eigenvalue weighted by Crippen LogP contribution is 2.28. The van der Waals surface area contributed by atoms with Crippen LogP contribution in [0.1, 0.15) is 0 Å². The van der Waals surface area contributed by atoms with Crippen molar-refractivity contribution in [1.82, 2.24) is 14.5 Å². The fraction of sp³-hybridized carbons (Fsp3) is 0.0769. The van der Waals surface area contributed by atoms with Gasteiger partial charge in [-0.05, 0) is 18.2 Å². The number of halogens is 1. The van der Waals surface area contributed by atoms with Crippen molar-refractivity contribution in [1.29, 1.82) is 0 Å². The number of anilines is 1. The average Bonchev–Trinajstić information content (AvgIpc) is 2.82. The van der Waals surface area contributed by atoms with Crippen LogP contribution < -0.4 is 10.9 Å². The minimum Gasteiger partial charge on any atom is -0.300 e. The Labute approximate surface area is 128 Å². The van der Waals surface area contributed by atoms with E-state index >= 15 is 0 Å². The van der Waals surface area contributed by atoms with Gasteiger partial charge in [0.1, 0.15) is 6.54 Å². The van der Waals surface area contributed by atoms with Crippen LogP contribution >= 0.6 is 22.9 Å². The Morgan fingerprint density at radius 2 is 2.24 bits per heavy atom. The van der Waals surface area contributed by atoms with Crippen LogP contribution in [0.2, 0.25) is 5.02 Å². The smallest absolute Gasteiger partial charge is 0.253 e. The van der Waals surface area contributed by atoms with Crippen LogP contribution in [-0.4, -0.2) is 20.4 Å². The molecule has 1 amide bonds. The number of nitrogens with one attached hydrogen (secondary N) is 1. The van der Waals surface area contributed by atoms with Crippen LogP contribution in [-0.2, 0) is 11.3 Å². The van der Waals surface area contributed by atoms with E-state index in [0.717, 1.165) is 10.2 Å². The van der Waals surface area contributed by atoms with Gasteiger partial charge in [-0.2, -0.15) is 0 Å². The third kappa shape index (κ3) is 3.09. The lowest BCUT2D eigenvalue weighted by Crippen LogP contribution is -2.26. The summed E-state index contributed by atoms with van der Waals surface area (Å²) in [5.41, 5.74) is 0.481. The Balaban J connectivity index is 1.77. The standard InChI is InChI=1S/C13H9ClN4O2S/c14-8-1-2-9-10(5-8)21-13(16-9)17-11(19)6-18-7-15-4-3-12(18)20/h1-5,7H,6H2,(H,16,17,19). The number of thiazole rings is 1. The van der Waals surface area contributed by atoms with Crippen LogP contribution in [0.25, 0.3) is 10.2 Å². The van der Waals surface area contributed by atoms with Gasteiger partial charge in [0, 0.05) is 17.3 Å². The number of carbonyl (C=O) groups is 1. The van der Waals surface area contributed by atoms with E-state index in [4.69, 9.17) is 11.6 Å². The Morgan fingerprint density at radius 3 is 3.05 bits per heavy atom. The number of fused-ring (bicyclic) bond motifs is 1. The summed E-state index contributed by atoms with van der Waals surface area (Å²) in [6.07, 6.45) is 2.70. The molecule has 0 radical (unpaired) electrons. The molecule has 106 valence electrons. The summed E-state index contributed by atoms with van der Waals surface area (Å²) < 4.78 is 2.11. The Morgan fingerprint density at radius 1 is 1.38 bits per heavy atom. The summed E-state index contributed by atoms with van der Waals surface area (Å²) in [4.78, 5) is 31.5. The molecule has 0 unspecified atom stereocenters. The van der Waals surface area contributed by atoms with E-state index in [1.54, 1.807) is 18.2 Å². The molecule has 0 spiro atoms. The van der Waals surface area contributed by atoms with Crippen LogP contribution in [0.5, 0.6) is 0 Å². The molecule has 8 heteroatoms. The van der Waals surface area contributed by atoms with E-state index in [1.807, 2.05) is 0 Å². The number of carbonyl (C=O) groups excluding carboxylic acids is 1. The van der Waals surface area contributed by atoms with E-state index in [-0.39, 0.29) is 18.0 Å². The first-order valence-electron chi connectivity index (χ1n) is 5.98. The maximum atomic E-state index is 11.9. The number of rotatable bonds is 3. The number of hydrogen-bond acceptors (Lipinski definition) is 5. The molecule has 0 saturated heterocycles. The van der Waals surface area contributed by atoms with Gasteiger partial charge in [-0.25, -0.2) is 9.97 Å². The van der Waals surface area contributed by atoms with Gasteiger partial charge in [-0.3, -0.25) is 14.2 Å². The van der Waals surface area contributed by atoms with Crippen molar-refractivity contribution in [3.05, 3.63) is 52.2 Å². The van der Waals surface area contributed by atoms with Gasteiger partial charge in [-0.15, -0.1) is 0 Å². The first-order valence-corrected chi connectivity index (χ1v) is 7.18. The zero-order chi connectivity index (χ0) is 14.8. The Bertz CT molecular complexity index is 874. The average molecular weight is 321 g/mol. The molecule has 21 heavy (non-hydrogen) atoms. The van der Waals surface area contributed by atoms with Gasteiger partial charge >= 0.3 is 0 Å². The van der Waals surface area contributed by atoms with E-state index in [2.05, 4.69) is 15.3 Å². The van der Waals surface area contributed by atoms with Crippen molar-refractivity contribution in [3.8, 4) is 0 Å². The number of benzene rings is 1. The summed E-state index contributed by atoms with van der Waals surface area (Å²) in [7, 11) is 0. The van der Waals surface area contributed by atoms with Crippen LogP contribution in [0.15, 0.2) is 41.6 Å². The van der Waals surface area contributed by atoms with E-state index in [9.17, 15) is 9.59 Å². The highest BCUT2D eigenvalue weighted by atomic mass is 35.5. The molecule has 0 bridgehead atoms. The molecule has 2 aromatic heterocycles. The number of aromatic nitrogens is 3. The highest BCUT2D eigenvalue weighted by Gasteiger charge is 2.09. The lowest BCUT2D eigenvalue weighted by Gasteiger charge is -2.03. The number of nitrogens with zero attached hydrogens (tertiary/aromatic N) is 3. The molecular weight excluding hydrogens is 312 g/mol. The predicted octanol–water partition coefficient (Wildman–Crippen LogP) is 2.15. The van der Waals surface area contributed by atoms with Crippen LogP contribution in [0.3, 0.4) is 0 Å². The Hall–Kier alpha value is -2.25. The van der Waals surface area contributed by atoms with Gasteiger partial charge in [0.15, 0.2) is 5.13 Å². The normalized spacial score (nSPS) is 10.7. The minimum atomic E-state index is -0.338. The van der Waals surface area contributed by atoms with Crippen molar-refractivity contribution >= 4 is 44.2 Å². The minimum absolute atomic E-state index is 0.108. The van der Waals surface area contributed by atoms with Crippen LogP contribution in [0, 0.1) is 0 Å². The molecule has 6 nitrogen and oxygen atoms in total. The van der Waals surface area contributed by atoms with Crippen molar-refractivity contribution in [3.63, 3.8) is 0 Å². The quantitative estimate of drug-likeness (QED) is 0.802. The van der Waals surface area contributed by atoms with Gasteiger partial charge in [0.2, 0.25) is 5.91 Å². The summed E-state index contributed by atoms with van der Waals surface area (Å²) >= 11 is 7.23. The molecular formula is C13H9ClN4O2S. The van der Waals surface area contributed by atoms with Gasteiger partial charge < -0.3 is 5.32 Å².